The van der Waals surface area contributed by atoms with Crippen molar-refractivity contribution in [1.29, 1.82) is 0 Å². The van der Waals surface area contributed by atoms with E-state index in [9.17, 15) is 4.79 Å². The molecule has 30 heavy (non-hydrogen) atoms. The molecule has 1 heterocycles. The van der Waals surface area contributed by atoms with Crippen LogP contribution in [0.15, 0.2) is 34.2 Å². The molecule has 1 aromatic carbocycles. The Morgan fingerprint density at radius 3 is 2.63 bits per heavy atom. The predicted octanol–water partition coefficient (Wildman–Crippen LogP) is 6.68. The fourth-order valence-corrected chi connectivity index (χ4v) is 7.24. The number of hydrogen-bond acceptors (Lipinski definition) is 3. The van der Waals surface area contributed by atoms with Crippen molar-refractivity contribution < 1.29 is 0 Å². The summed E-state index contributed by atoms with van der Waals surface area (Å²) in [5.74, 6) is 1.04. The van der Waals surface area contributed by atoms with Gasteiger partial charge in [0.1, 0.15) is 0 Å². The van der Waals surface area contributed by atoms with Gasteiger partial charge < -0.3 is 0 Å². The first-order valence-electron chi connectivity index (χ1n) is 12.1. The van der Waals surface area contributed by atoms with E-state index in [4.69, 9.17) is 4.98 Å². The van der Waals surface area contributed by atoms with Crippen LogP contribution in [0, 0.1) is 0 Å². The third kappa shape index (κ3) is 3.45. The predicted molar refractivity (Wildman–Crippen MR) is 126 cm³/mol. The highest BCUT2D eigenvalue weighted by molar-refractivity contribution is 7.99. The molecule has 0 bridgehead atoms. The van der Waals surface area contributed by atoms with Crippen LogP contribution in [-0.2, 0) is 11.8 Å². The number of fused-ring (bicyclic) bond motifs is 4. The molecular weight excluding hydrogens is 388 g/mol. The van der Waals surface area contributed by atoms with Crippen LogP contribution in [-0.4, -0.2) is 15.3 Å². The monoisotopic (exact) mass is 422 g/mol. The first-order valence-corrected chi connectivity index (χ1v) is 13.1. The Hall–Kier alpha value is -1.55. The molecular formula is C26H34N2OS. The van der Waals surface area contributed by atoms with Crippen molar-refractivity contribution in [1.82, 2.24) is 9.55 Å². The standard InChI is InChI=1S/C26H34N2OS/c1-2-3-17-30-25-27-23-21-14-8-5-11-19(21)18-26(15-9-4-10-16-26)22(23)24(29)28(25)20-12-6-7-13-20/h5,8,11,14,20H,2-4,6-7,9-10,12-13,15-18H2,1H3. The second-order valence-corrected chi connectivity index (χ2v) is 10.7. The molecule has 0 saturated heterocycles. The fraction of sp³-hybridized carbons (Fsp3) is 0.615. The summed E-state index contributed by atoms with van der Waals surface area (Å²) in [5.41, 5.74) is 4.96. The molecule has 0 unspecified atom stereocenters. The zero-order valence-corrected chi connectivity index (χ0v) is 19.1. The zero-order chi connectivity index (χ0) is 20.6. The molecule has 2 fully saturated rings. The molecule has 3 nitrogen and oxygen atoms in total. The fourth-order valence-electron chi connectivity index (χ4n) is 6.09. The normalized spacial score (nSPS) is 20.3. The van der Waals surface area contributed by atoms with Crippen molar-refractivity contribution in [3.63, 3.8) is 0 Å². The highest BCUT2D eigenvalue weighted by Gasteiger charge is 2.44. The molecule has 0 radical (unpaired) electrons. The van der Waals surface area contributed by atoms with Gasteiger partial charge in [-0.2, -0.15) is 0 Å². The van der Waals surface area contributed by atoms with Crippen LogP contribution in [0.25, 0.3) is 11.3 Å². The lowest BCUT2D eigenvalue weighted by molar-refractivity contribution is 0.280. The summed E-state index contributed by atoms with van der Waals surface area (Å²) in [6.07, 6.45) is 14.1. The van der Waals surface area contributed by atoms with Crippen LogP contribution in [0.4, 0.5) is 0 Å². The van der Waals surface area contributed by atoms with Crippen LogP contribution in [0.5, 0.6) is 0 Å². The smallest absolute Gasteiger partial charge is 0.258 e. The molecule has 3 aliphatic rings. The van der Waals surface area contributed by atoms with Gasteiger partial charge in [-0.05, 0) is 44.1 Å². The summed E-state index contributed by atoms with van der Waals surface area (Å²) in [7, 11) is 0. The molecule has 2 aromatic rings. The van der Waals surface area contributed by atoms with Gasteiger partial charge in [0.05, 0.1) is 11.3 Å². The number of aromatic nitrogens is 2. The quantitative estimate of drug-likeness (QED) is 0.306. The van der Waals surface area contributed by atoms with Gasteiger partial charge >= 0.3 is 0 Å². The third-order valence-electron chi connectivity index (χ3n) is 7.64. The molecule has 1 aromatic heterocycles. The summed E-state index contributed by atoms with van der Waals surface area (Å²) in [6.45, 7) is 2.23. The van der Waals surface area contributed by atoms with Crippen LogP contribution in [0.3, 0.4) is 0 Å². The summed E-state index contributed by atoms with van der Waals surface area (Å²) in [6, 6.07) is 9.06. The minimum atomic E-state index is -0.00100. The highest BCUT2D eigenvalue weighted by atomic mass is 32.2. The Morgan fingerprint density at radius 1 is 1.10 bits per heavy atom. The van der Waals surface area contributed by atoms with Gasteiger partial charge in [0, 0.05) is 22.8 Å². The Kier molecular flexibility index (Phi) is 5.79. The van der Waals surface area contributed by atoms with Crippen LogP contribution in [0.2, 0.25) is 0 Å². The Morgan fingerprint density at radius 2 is 1.87 bits per heavy atom. The van der Waals surface area contributed by atoms with E-state index in [-0.39, 0.29) is 5.41 Å². The molecule has 5 rings (SSSR count). The van der Waals surface area contributed by atoms with Gasteiger partial charge in [-0.15, -0.1) is 0 Å². The molecule has 160 valence electrons. The first-order chi connectivity index (χ1) is 14.7. The van der Waals surface area contributed by atoms with Crippen molar-refractivity contribution in [2.75, 3.05) is 5.75 Å². The minimum Gasteiger partial charge on any atom is -0.284 e. The summed E-state index contributed by atoms with van der Waals surface area (Å²) in [4.78, 5) is 19.6. The van der Waals surface area contributed by atoms with Gasteiger partial charge in [0.25, 0.3) is 5.56 Å². The van der Waals surface area contributed by atoms with Crippen molar-refractivity contribution in [3.8, 4) is 11.3 Å². The molecule has 0 amide bonds. The van der Waals surface area contributed by atoms with Gasteiger partial charge in [-0.3, -0.25) is 9.36 Å². The third-order valence-corrected chi connectivity index (χ3v) is 8.68. The lowest BCUT2D eigenvalue weighted by atomic mass is 9.62. The van der Waals surface area contributed by atoms with Gasteiger partial charge in [0.15, 0.2) is 5.16 Å². The minimum absolute atomic E-state index is 0.00100. The average Bonchev–Trinajstić information content (AvgIpc) is 3.29. The van der Waals surface area contributed by atoms with Crippen LogP contribution < -0.4 is 5.56 Å². The largest absolute Gasteiger partial charge is 0.284 e. The maximum atomic E-state index is 14.2. The van der Waals surface area contributed by atoms with Crippen molar-refractivity contribution in [2.24, 2.45) is 0 Å². The van der Waals surface area contributed by atoms with E-state index in [1.165, 1.54) is 56.1 Å². The van der Waals surface area contributed by atoms with Gasteiger partial charge in [-0.25, -0.2) is 4.98 Å². The Bertz CT molecular complexity index is 967. The summed E-state index contributed by atoms with van der Waals surface area (Å²) in [5, 5.41) is 0.974. The number of unbranched alkanes of at least 4 members (excludes halogenated alkanes) is 1. The van der Waals surface area contributed by atoms with E-state index >= 15 is 0 Å². The zero-order valence-electron chi connectivity index (χ0n) is 18.3. The first kappa shape index (κ1) is 20.4. The average molecular weight is 423 g/mol. The van der Waals surface area contributed by atoms with E-state index in [1.807, 2.05) is 11.8 Å². The van der Waals surface area contributed by atoms with Crippen molar-refractivity contribution >= 4 is 11.8 Å². The van der Waals surface area contributed by atoms with E-state index in [0.717, 1.165) is 54.3 Å². The van der Waals surface area contributed by atoms with E-state index in [1.54, 1.807) is 0 Å². The molecule has 3 aliphatic carbocycles. The number of hydrogen-bond donors (Lipinski definition) is 0. The van der Waals surface area contributed by atoms with Crippen LogP contribution in [0.1, 0.15) is 94.7 Å². The Labute approximate surface area is 184 Å². The number of rotatable bonds is 5. The van der Waals surface area contributed by atoms with Gasteiger partial charge in [0.2, 0.25) is 0 Å². The molecule has 4 heteroatoms. The lowest BCUT2D eigenvalue weighted by Crippen LogP contribution is -2.43. The van der Waals surface area contributed by atoms with Gasteiger partial charge in [-0.1, -0.05) is 81.5 Å². The SMILES string of the molecule is CCCCSc1nc2c(c(=O)n1C1CCCC1)C1(CCCCC1)Cc1ccccc1-2. The highest BCUT2D eigenvalue weighted by Crippen LogP contribution is 2.49. The van der Waals surface area contributed by atoms with Crippen molar-refractivity contribution in [3.05, 3.63) is 45.7 Å². The lowest BCUT2D eigenvalue weighted by Gasteiger charge is -2.42. The molecule has 2 saturated carbocycles. The second kappa shape index (κ2) is 8.53. The maximum absolute atomic E-state index is 14.2. The summed E-state index contributed by atoms with van der Waals surface area (Å²) >= 11 is 1.81. The maximum Gasteiger partial charge on any atom is 0.258 e. The van der Waals surface area contributed by atoms with Crippen molar-refractivity contribution in [2.45, 2.75) is 101 Å². The van der Waals surface area contributed by atoms with E-state index in [0.29, 0.717) is 11.6 Å². The number of benzene rings is 1. The van der Waals surface area contributed by atoms with Crippen LogP contribution >= 0.6 is 11.8 Å². The van der Waals surface area contributed by atoms with E-state index < -0.39 is 0 Å². The second-order valence-electron chi connectivity index (χ2n) is 9.61. The number of thioether (sulfide) groups is 1. The molecule has 0 atom stereocenters. The Balaban J connectivity index is 1.73. The summed E-state index contributed by atoms with van der Waals surface area (Å²) < 4.78 is 2.15. The molecule has 1 spiro atoms. The van der Waals surface area contributed by atoms with E-state index in [2.05, 4.69) is 35.8 Å². The molecule has 0 N–H and O–H groups in total. The topological polar surface area (TPSA) is 34.9 Å². The molecule has 0 aliphatic heterocycles. The number of nitrogens with zero attached hydrogens (tertiary/aromatic N) is 2.